The Bertz CT molecular complexity index is 702. The van der Waals surface area contributed by atoms with Gasteiger partial charge in [0.1, 0.15) is 11.1 Å². The van der Waals surface area contributed by atoms with Gasteiger partial charge < -0.3 is 18.8 Å². The molecular formula is C20H28N2O4. The highest BCUT2D eigenvalue weighted by Crippen LogP contribution is 2.24. The Morgan fingerprint density at radius 3 is 2.92 bits per heavy atom. The van der Waals surface area contributed by atoms with Crippen LogP contribution in [0.1, 0.15) is 46.5 Å². The molecule has 6 heteroatoms. The van der Waals surface area contributed by atoms with Crippen molar-refractivity contribution in [3.8, 4) is 6.08 Å². The third-order valence-corrected chi connectivity index (χ3v) is 4.43. The van der Waals surface area contributed by atoms with Gasteiger partial charge in [0.25, 0.3) is 0 Å². The number of oxazole rings is 1. The fraction of sp³-hybridized carbons (Fsp3) is 0.600. The molecule has 1 aliphatic rings. The summed E-state index contributed by atoms with van der Waals surface area (Å²) < 4.78 is 16.7. The van der Waals surface area contributed by atoms with Gasteiger partial charge in [-0.2, -0.15) is 4.98 Å². The van der Waals surface area contributed by atoms with E-state index < -0.39 is 5.60 Å². The van der Waals surface area contributed by atoms with E-state index in [1.54, 1.807) is 0 Å². The first-order valence-electron chi connectivity index (χ1n) is 9.37. The van der Waals surface area contributed by atoms with Crippen LogP contribution in [0.25, 0.3) is 11.1 Å². The molecule has 0 saturated carbocycles. The summed E-state index contributed by atoms with van der Waals surface area (Å²) in [5, 5.41) is 0. The van der Waals surface area contributed by atoms with Gasteiger partial charge in [-0.05, 0) is 64.5 Å². The molecule has 1 aromatic heterocycles. The molecule has 6 nitrogen and oxygen atoms in total. The number of piperidine rings is 1. The van der Waals surface area contributed by atoms with Crippen LogP contribution in [0.5, 0.6) is 6.08 Å². The molecule has 0 radical (unpaired) electrons. The molecule has 0 unspecified atom stereocenters. The molecule has 1 fully saturated rings. The van der Waals surface area contributed by atoms with Crippen molar-refractivity contribution in [1.29, 1.82) is 0 Å². The quantitative estimate of drug-likeness (QED) is 0.727. The zero-order valence-corrected chi connectivity index (χ0v) is 15.9. The molecule has 0 spiro atoms. The highest BCUT2D eigenvalue weighted by Gasteiger charge is 2.27. The third kappa shape index (κ3) is 5.13. The lowest BCUT2D eigenvalue weighted by atomic mass is 9.94. The lowest BCUT2D eigenvalue weighted by molar-refractivity contribution is 0.0159. The van der Waals surface area contributed by atoms with Crippen molar-refractivity contribution in [2.45, 2.75) is 52.1 Å². The number of ether oxygens (including phenoxy) is 2. The van der Waals surface area contributed by atoms with Gasteiger partial charge in [-0.15, -0.1) is 0 Å². The normalized spacial score (nSPS) is 18.1. The SMILES string of the molecule is CC(C)(C)OC(=O)N1CCC[C@H](CCCOc2nc3ccccc3o2)C1. The van der Waals surface area contributed by atoms with Crippen molar-refractivity contribution < 1.29 is 18.7 Å². The van der Waals surface area contributed by atoms with Crippen LogP contribution in [0.15, 0.2) is 28.7 Å². The minimum atomic E-state index is -0.447. The van der Waals surface area contributed by atoms with Gasteiger partial charge in [-0.3, -0.25) is 0 Å². The molecule has 142 valence electrons. The number of hydrogen-bond donors (Lipinski definition) is 0. The van der Waals surface area contributed by atoms with Gasteiger partial charge in [0.2, 0.25) is 0 Å². The number of para-hydroxylation sites is 2. The smallest absolute Gasteiger partial charge is 0.410 e. The Morgan fingerprint density at radius 2 is 2.15 bits per heavy atom. The molecule has 0 bridgehead atoms. The first-order valence-corrected chi connectivity index (χ1v) is 9.37. The second-order valence-electron chi connectivity index (χ2n) is 7.87. The van der Waals surface area contributed by atoms with Gasteiger partial charge in [0.05, 0.1) is 6.61 Å². The molecule has 0 aliphatic carbocycles. The monoisotopic (exact) mass is 360 g/mol. The van der Waals surface area contributed by atoms with Crippen LogP contribution in [0.3, 0.4) is 0 Å². The second kappa shape index (κ2) is 7.98. The van der Waals surface area contributed by atoms with Crippen LogP contribution in [-0.2, 0) is 4.74 Å². The Hall–Kier alpha value is -2.24. The van der Waals surface area contributed by atoms with Gasteiger partial charge in [0, 0.05) is 13.1 Å². The largest absolute Gasteiger partial charge is 0.450 e. The van der Waals surface area contributed by atoms with Crippen LogP contribution < -0.4 is 4.74 Å². The Kier molecular flexibility index (Phi) is 5.69. The lowest BCUT2D eigenvalue weighted by Crippen LogP contribution is -2.42. The van der Waals surface area contributed by atoms with Gasteiger partial charge >= 0.3 is 12.2 Å². The van der Waals surface area contributed by atoms with Crippen molar-refractivity contribution in [3.05, 3.63) is 24.3 Å². The number of nitrogens with zero attached hydrogens (tertiary/aromatic N) is 2. The third-order valence-electron chi connectivity index (χ3n) is 4.43. The van der Waals surface area contributed by atoms with Crippen molar-refractivity contribution in [1.82, 2.24) is 9.88 Å². The summed E-state index contributed by atoms with van der Waals surface area (Å²) in [7, 11) is 0. The van der Waals surface area contributed by atoms with E-state index in [9.17, 15) is 4.79 Å². The van der Waals surface area contributed by atoms with E-state index in [1.807, 2.05) is 49.9 Å². The van der Waals surface area contributed by atoms with Crippen LogP contribution in [0, 0.1) is 5.92 Å². The highest BCUT2D eigenvalue weighted by molar-refractivity contribution is 5.72. The predicted octanol–water partition coefficient (Wildman–Crippen LogP) is 4.63. The van der Waals surface area contributed by atoms with E-state index in [0.29, 0.717) is 18.6 Å². The Balaban J connectivity index is 1.41. The molecule has 0 N–H and O–H groups in total. The number of aromatic nitrogens is 1. The van der Waals surface area contributed by atoms with Gasteiger partial charge in [-0.1, -0.05) is 12.1 Å². The van der Waals surface area contributed by atoms with E-state index in [-0.39, 0.29) is 6.09 Å². The topological polar surface area (TPSA) is 64.8 Å². The molecule has 1 aromatic carbocycles. The van der Waals surface area contributed by atoms with Crippen LogP contribution in [-0.4, -0.2) is 41.3 Å². The zero-order chi connectivity index (χ0) is 18.6. The van der Waals surface area contributed by atoms with Gasteiger partial charge in [0.15, 0.2) is 5.58 Å². The molecule has 1 amide bonds. The average molecular weight is 360 g/mol. The van der Waals surface area contributed by atoms with Crippen molar-refractivity contribution >= 4 is 17.2 Å². The van der Waals surface area contributed by atoms with Gasteiger partial charge in [-0.25, -0.2) is 4.79 Å². The summed E-state index contributed by atoms with van der Waals surface area (Å²) >= 11 is 0. The summed E-state index contributed by atoms with van der Waals surface area (Å²) in [6.07, 6.45) is 4.21. The number of amides is 1. The number of fused-ring (bicyclic) bond motifs is 1. The molecule has 2 aromatic rings. The maximum atomic E-state index is 12.2. The van der Waals surface area contributed by atoms with Crippen LogP contribution in [0.4, 0.5) is 4.79 Å². The van der Waals surface area contributed by atoms with E-state index in [2.05, 4.69) is 4.98 Å². The van der Waals surface area contributed by atoms with E-state index in [0.717, 1.165) is 49.9 Å². The number of hydrogen-bond acceptors (Lipinski definition) is 5. The fourth-order valence-electron chi connectivity index (χ4n) is 3.24. The number of rotatable bonds is 5. The fourth-order valence-corrected chi connectivity index (χ4v) is 3.24. The Morgan fingerprint density at radius 1 is 1.35 bits per heavy atom. The summed E-state index contributed by atoms with van der Waals surface area (Å²) in [5.41, 5.74) is 1.10. The zero-order valence-electron chi connectivity index (χ0n) is 15.9. The average Bonchev–Trinajstić information content (AvgIpc) is 3.00. The molecule has 1 aliphatic heterocycles. The number of carbonyl (C=O) groups is 1. The Labute approximate surface area is 154 Å². The summed E-state index contributed by atoms with van der Waals surface area (Å²) in [4.78, 5) is 18.4. The summed E-state index contributed by atoms with van der Waals surface area (Å²) in [5.74, 6) is 0.489. The minimum absolute atomic E-state index is 0.204. The number of benzene rings is 1. The first-order chi connectivity index (χ1) is 12.4. The maximum absolute atomic E-state index is 12.2. The molecule has 2 heterocycles. The standard InChI is InChI=1S/C20H28N2O4/c1-20(2,3)26-19(23)22-12-6-8-15(14-22)9-7-13-24-18-21-16-10-4-5-11-17(16)25-18/h4-5,10-11,15H,6-9,12-14H2,1-3H3/t15-/m1/s1. The van der Waals surface area contributed by atoms with E-state index in [4.69, 9.17) is 13.9 Å². The van der Waals surface area contributed by atoms with E-state index >= 15 is 0 Å². The van der Waals surface area contributed by atoms with Crippen molar-refractivity contribution in [2.75, 3.05) is 19.7 Å². The summed E-state index contributed by atoms with van der Waals surface area (Å²) in [6.45, 7) is 7.81. The number of carbonyl (C=O) groups excluding carboxylic acids is 1. The lowest BCUT2D eigenvalue weighted by Gasteiger charge is -2.34. The van der Waals surface area contributed by atoms with Crippen molar-refractivity contribution in [3.63, 3.8) is 0 Å². The van der Waals surface area contributed by atoms with Crippen molar-refractivity contribution in [2.24, 2.45) is 5.92 Å². The first kappa shape index (κ1) is 18.5. The molecule has 1 atom stereocenters. The summed E-state index contributed by atoms with van der Waals surface area (Å²) in [6, 6.07) is 7.62. The number of likely N-dealkylation sites (tertiary alicyclic amines) is 1. The second-order valence-corrected chi connectivity index (χ2v) is 7.87. The molecular weight excluding hydrogens is 332 g/mol. The van der Waals surface area contributed by atoms with E-state index in [1.165, 1.54) is 0 Å². The maximum Gasteiger partial charge on any atom is 0.410 e. The molecule has 3 rings (SSSR count). The highest BCUT2D eigenvalue weighted by atomic mass is 16.6. The molecule has 26 heavy (non-hydrogen) atoms. The van der Waals surface area contributed by atoms with Crippen LogP contribution in [0.2, 0.25) is 0 Å². The molecule has 1 saturated heterocycles. The predicted molar refractivity (Wildman–Crippen MR) is 99.3 cm³/mol. The minimum Gasteiger partial charge on any atom is -0.450 e. The van der Waals surface area contributed by atoms with Crippen LogP contribution >= 0.6 is 0 Å².